The maximum atomic E-state index is 13.2. The van der Waals surface area contributed by atoms with Gasteiger partial charge < -0.3 is 34.8 Å². The second-order valence-corrected chi connectivity index (χ2v) is 7.28. The van der Waals surface area contributed by atoms with Crippen molar-refractivity contribution in [3.05, 3.63) is 71.8 Å². The third-order valence-electron chi connectivity index (χ3n) is 5.17. The molecule has 1 aliphatic rings. The van der Waals surface area contributed by atoms with Crippen molar-refractivity contribution in [2.45, 2.75) is 36.6 Å². The molecule has 1 amide bonds. The Bertz CT molecular complexity index is 762. The lowest BCUT2D eigenvalue weighted by Gasteiger charge is -2.40. The van der Waals surface area contributed by atoms with Gasteiger partial charge in [-0.05, 0) is 11.1 Å². The molecule has 0 saturated carbocycles. The van der Waals surface area contributed by atoms with E-state index in [4.69, 9.17) is 9.47 Å². The molecule has 162 valence electrons. The molecule has 0 aliphatic carbocycles. The lowest BCUT2D eigenvalue weighted by atomic mass is 9.90. The van der Waals surface area contributed by atoms with Crippen molar-refractivity contribution < 1.29 is 34.7 Å². The van der Waals surface area contributed by atoms with Crippen molar-refractivity contribution in [2.75, 3.05) is 20.4 Å². The highest BCUT2D eigenvalue weighted by molar-refractivity contribution is 5.87. The smallest absolute Gasteiger partial charge is 0.236 e. The fourth-order valence-corrected chi connectivity index (χ4v) is 3.44. The second-order valence-electron chi connectivity index (χ2n) is 7.28. The zero-order valence-electron chi connectivity index (χ0n) is 16.6. The number of rotatable bonds is 7. The molecule has 3 rings (SSSR count). The van der Waals surface area contributed by atoms with Crippen LogP contribution < -0.4 is 0 Å². The number of aliphatic hydroxyl groups excluding tert-OH is 4. The molecule has 0 aromatic heterocycles. The standard InChI is InChI=1S/C22H27NO7/c1-23(13-29-22-20(27)19(26)18(25)16(12-24)30-22)21(28)17(14-8-4-2-5-9-14)15-10-6-3-7-11-15/h2-11,16-20,22,24-27H,12-13H2,1H3/t16-,18-,19+,20-,22-/m1/s1. The van der Waals surface area contributed by atoms with Crippen LogP contribution in [-0.4, -0.2) is 82.3 Å². The highest BCUT2D eigenvalue weighted by Gasteiger charge is 2.44. The predicted octanol–water partition coefficient (Wildman–Crippen LogP) is 0.0509. The van der Waals surface area contributed by atoms with Gasteiger partial charge in [0.1, 0.15) is 31.1 Å². The molecule has 2 aromatic rings. The number of amides is 1. The van der Waals surface area contributed by atoms with Gasteiger partial charge in [-0.25, -0.2) is 0 Å². The summed E-state index contributed by atoms with van der Waals surface area (Å²) < 4.78 is 10.8. The summed E-state index contributed by atoms with van der Waals surface area (Å²) in [7, 11) is 1.56. The van der Waals surface area contributed by atoms with E-state index in [1.54, 1.807) is 7.05 Å². The summed E-state index contributed by atoms with van der Waals surface area (Å²) in [6.07, 6.45) is -6.91. The van der Waals surface area contributed by atoms with E-state index >= 15 is 0 Å². The molecular weight excluding hydrogens is 390 g/mol. The van der Waals surface area contributed by atoms with E-state index in [9.17, 15) is 25.2 Å². The predicted molar refractivity (Wildman–Crippen MR) is 107 cm³/mol. The van der Waals surface area contributed by atoms with E-state index in [1.165, 1.54) is 4.90 Å². The van der Waals surface area contributed by atoms with Gasteiger partial charge in [0.15, 0.2) is 6.29 Å². The van der Waals surface area contributed by atoms with Gasteiger partial charge in [-0.1, -0.05) is 60.7 Å². The highest BCUT2D eigenvalue weighted by Crippen LogP contribution is 2.27. The number of aliphatic hydroxyl groups is 4. The fraction of sp³-hybridized carbons (Fsp3) is 0.409. The van der Waals surface area contributed by atoms with E-state index in [-0.39, 0.29) is 12.6 Å². The summed E-state index contributed by atoms with van der Waals surface area (Å²) in [6, 6.07) is 18.7. The molecule has 5 atom stereocenters. The van der Waals surface area contributed by atoms with E-state index in [0.717, 1.165) is 11.1 Å². The Hall–Kier alpha value is -2.33. The Morgan fingerprint density at radius 1 is 0.967 bits per heavy atom. The lowest BCUT2D eigenvalue weighted by molar-refractivity contribution is -0.306. The third kappa shape index (κ3) is 4.86. The van der Waals surface area contributed by atoms with Crippen molar-refractivity contribution in [3.63, 3.8) is 0 Å². The van der Waals surface area contributed by atoms with Crippen molar-refractivity contribution >= 4 is 5.91 Å². The van der Waals surface area contributed by atoms with Gasteiger partial charge in [-0.3, -0.25) is 4.79 Å². The summed E-state index contributed by atoms with van der Waals surface area (Å²) in [5, 5.41) is 39.1. The van der Waals surface area contributed by atoms with Crippen LogP contribution in [0, 0.1) is 0 Å². The first-order valence-corrected chi connectivity index (χ1v) is 9.71. The molecule has 1 aliphatic heterocycles. The normalized spacial score (nSPS) is 26.5. The zero-order valence-corrected chi connectivity index (χ0v) is 16.6. The molecule has 0 bridgehead atoms. The average Bonchev–Trinajstić information content (AvgIpc) is 2.78. The summed E-state index contributed by atoms with van der Waals surface area (Å²) in [5.41, 5.74) is 1.65. The molecule has 0 unspecified atom stereocenters. The van der Waals surface area contributed by atoms with Gasteiger partial charge in [0.2, 0.25) is 5.91 Å². The molecule has 1 fully saturated rings. The number of nitrogens with zero attached hydrogens (tertiary/aromatic N) is 1. The van der Waals surface area contributed by atoms with Crippen LogP contribution >= 0.6 is 0 Å². The Morgan fingerprint density at radius 3 is 2.00 bits per heavy atom. The Kier molecular flexibility index (Phi) is 7.54. The number of likely N-dealkylation sites (N-methyl/N-ethyl adjacent to an activating group) is 1. The van der Waals surface area contributed by atoms with Crippen LogP contribution in [0.2, 0.25) is 0 Å². The Labute approximate surface area is 174 Å². The van der Waals surface area contributed by atoms with Crippen LogP contribution in [0.25, 0.3) is 0 Å². The number of hydrogen-bond acceptors (Lipinski definition) is 7. The minimum Gasteiger partial charge on any atom is -0.394 e. The number of benzene rings is 2. The Balaban J connectivity index is 1.72. The van der Waals surface area contributed by atoms with Crippen molar-refractivity contribution in [1.29, 1.82) is 0 Å². The molecule has 8 heteroatoms. The van der Waals surface area contributed by atoms with Crippen LogP contribution in [0.1, 0.15) is 17.0 Å². The zero-order chi connectivity index (χ0) is 21.7. The fourth-order valence-electron chi connectivity index (χ4n) is 3.44. The van der Waals surface area contributed by atoms with Crippen LogP contribution in [0.3, 0.4) is 0 Å². The first-order chi connectivity index (χ1) is 14.4. The van der Waals surface area contributed by atoms with E-state index in [2.05, 4.69) is 0 Å². The van der Waals surface area contributed by atoms with E-state index < -0.39 is 43.2 Å². The molecule has 0 radical (unpaired) electrons. The number of ether oxygens (including phenoxy) is 2. The SMILES string of the molecule is CN(CO[C@@H]1O[C@H](CO)[C@@H](O)[C@H](O)[C@H]1O)C(=O)C(c1ccccc1)c1ccccc1. The Morgan fingerprint density at radius 2 is 1.50 bits per heavy atom. The van der Waals surface area contributed by atoms with Crippen LogP contribution in [0.15, 0.2) is 60.7 Å². The largest absolute Gasteiger partial charge is 0.394 e. The quantitative estimate of drug-likeness (QED) is 0.470. The minimum absolute atomic E-state index is 0.225. The summed E-state index contributed by atoms with van der Waals surface area (Å²) >= 11 is 0. The summed E-state index contributed by atoms with van der Waals surface area (Å²) in [4.78, 5) is 14.6. The monoisotopic (exact) mass is 417 g/mol. The number of hydrogen-bond donors (Lipinski definition) is 4. The van der Waals surface area contributed by atoms with Gasteiger partial charge in [0.25, 0.3) is 0 Å². The van der Waals surface area contributed by atoms with Gasteiger partial charge in [-0.15, -0.1) is 0 Å². The van der Waals surface area contributed by atoms with Crippen LogP contribution in [0.4, 0.5) is 0 Å². The lowest BCUT2D eigenvalue weighted by Crippen LogP contribution is -2.59. The van der Waals surface area contributed by atoms with Crippen molar-refractivity contribution in [2.24, 2.45) is 0 Å². The number of carbonyl (C=O) groups is 1. The van der Waals surface area contributed by atoms with E-state index in [0.29, 0.717) is 0 Å². The van der Waals surface area contributed by atoms with Gasteiger partial charge in [0.05, 0.1) is 12.5 Å². The minimum atomic E-state index is -1.54. The summed E-state index contributed by atoms with van der Waals surface area (Å²) in [6.45, 7) is -0.776. The molecule has 1 saturated heterocycles. The first-order valence-electron chi connectivity index (χ1n) is 9.71. The van der Waals surface area contributed by atoms with Crippen molar-refractivity contribution in [3.8, 4) is 0 Å². The molecule has 0 spiro atoms. The average molecular weight is 417 g/mol. The third-order valence-corrected chi connectivity index (χ3v) is 5.17. The molecular formula is C22H27NO7. The summed E-state index contributed by atoms with van der Waals surface area (Å²) in [5.74, 6) is -0.771. The van der Waals surface area contributed by atoms with Gasteiger partial charge in [-0.2, -0.15) is 0 Å². The topological polar surface area (TPSA) is 120 Å². The molecule has 8 nitrogen and oxygen atoms in total. The number of carbonyl (C=O) groups excluding carboxylic acids is 1. The first kappa shape index (κ1) is 22.4. The highest BCUT2D eigenvalue weighted by atomic mass is 16.7. The molecule has 1 heterocycles. The maximum absolute atomic E-state index is 13.2. The van der Waals surface area contributed by atoms with Crippen molar-refractivity contribution in [1.82, 2.24) is 4.90 Å². The van der Waals surface area contributed by atoms with E-state index in [1.807, 2.05) is 60.7 Å². The maximum Gasteiger partial charge on any atom is 0.236 e. The molecule has 2 aromatic carbocycles. The molecule has 4 N–H and O–H groups in total. The van der Waals surface area contributed by atoms with Crippen LogP contribution in [0.5, 0.6) is 0 Å². The van der Waals surface area contributed by atoms with Gasteiger partial charge in [0, 0.05) is 7.05 Å². The molecule has 30 heavy (non-hydrogen) atoms. The second kappa shape index (κ2) is 10.1. The van der Waals surface area contributed by atoms with Crippen LogP contribution in [-0.2, 0) is 14.3 Å². The van der Waals surface area contributed by atoms with Gasteiger partial charge >= 0.3 is 0 Å².